The molecule has 0 aliphatic heterocycles. The fourth-order valence-corrected chi connectivity index (χ4v) is 4.57. The molecule has 1 N–H and O–H groups in total. The van der Waals surface area contributed by atoms with E-state index < -0.39 is 0 Å². The molecular weight excluding hydrogens is 440 g/mol. The van der Waals surface area contributed by atoms with E-state index in [9.17, 15) is 4.79 Å². The maximum Gasteiger partial charge on any atom is 0.291 e. The van der Waals surface area contributed by atoms with Crippen LogP contribution in [0.5, 0.6) is 0 Å². The highest BCUT2D eigenvalue weighted by Gasteiger charge is 2.16. The maximum atomic E-state index is 12.8. The Hall–Kier alpha value is -3.41. The van der Waals surface area contributed by atoms with E-state index in [4.69, 9.17) is 16.0 Å². The average Bonchev–Trinajstić information content (AvgIpc) is 3.44. The summed E-state index contributed by atoms with van der Waals surface area (Å²) in [4.78, 5) is 17.5. The third-order valence-corrected chi connectivity index (χ3v) is 6.79. The Labute approximate surface area is 194 Å². The summed E-state index contributed by atoms with van der Waals surface area (Å²) in [5.41, 5.74) is 5.66. The quantitative estimate of drug-likeness (QED) is 0.299. The summed E-state index contributed by atoms with van der Waals surface area (Å²) in [6.45, 7) is 4.11. The zero-order valence-corrected chi connectivity index (χ0v) is 19.1. The zero-order chi connectivity index (χ0) is 22.2. The number of benzene rings is 3. The van der Waals surface area contributed by atoms with Gasteiger partial charge in [-0.3, -0.25) is 4.79 Å². The third-order valence-electron chi connectivity index (χ3n) is 5.38. The van der Waals surface area contributed by atoms with Crippen molar-refractivity contribution in [1.29, 1.82) is 0 Å². The number of halogens is 1. The van der Waals surface area contributed by atoms with Crippen molar-refractivity contribution in [2.75, 3.05) is 5.32 Å². The lowest BCUT2D eigenvalue weighted by Gasteiger charge is -2.08. The molecule has 2 heterocycles. The second-order valence-electron chi connectivity index (χ2n) is 7.60. The summed E-state index contributed by atoms with van der Waals surface area (Å²) in [6, 6.07) is 23.0. The molecule has 2 aromatic heterocycles. The SMILES string of the molecule is Cc1ccc(-c2ccc(C(=O)Nc3cc(-c4nc5ccccc5s4)ccc3Cl)o2)cc1C. The minimum absolute atomic E-state index is 0.222. The van der Waals surface area contributed by atoms with Gasteiger partial charge in [-0.15, -0.1) is 11.3 Å². The Morgan fingerprint density at radius 2 is 1.75 bits per heavy atom. The van der Waals surface area contributed by atoms with E-state index in [0.717, 1.165) is 26.4 Å². The van der Waals surface area contributed by atoms with Crippen LogP contribution >= 0.6 is 22.9 Å². The lowest BCUT2D eigenvalue weighted by atomic mass is 10.1. The highest BCUT2D eigenvalue weighted by atomic mass is 35.5. The number of fused-ring (bicyclic) bond motifs is 1. The topological polar surface area (TPSA) is 55.1 Å². The Morgan fingerprint density at radius 3 is 2.56 bits per heavy atom. The van der Waals surface area contributed by atoms with Gasteiger partial charge in [0.15, 0.2) is 5.76 Å². The van der Waals surface area contributed by atoms with Crippen LogP contribution in [0.25, 0.3) is 32.1 Å². The normalized spacial score (nSPS) is 11.1. The lowest BCUT2D eigenvalue weighted by molar-refractivity contribution is 0.0997. The number of thiazole rings is 1. The number of furan rings is 1. The van der Waals surface area contributed by atoms with E-state index in [2.05, 4.69) is 24.1 Å². The van der Waals surface area contributed by atoms with Gasteiger partial charge >= 0.3 is 0 Å². The molecule has 5 aromatic rings. The summed E-state index contributed by atoms with van der Waals surface area (Å²) in [6.07, 6.45) is 0. The summed E-state index contributed by atoms with van der Waals surface area (Å²) in [5, 5.41) is 4.19. The minimum Gasteiger partial charge on any atom is -0.451 e. The molecule has 0 aliphatic carbocycles. The molecule has 6 heteroatoms. The summed E-state index contributed by atoms with van der Waals surface area (Å²) in [5.74, 6) is 0.510. The first-order valence-electron chi connectivity index (χ1n) is 10.1. The second kappa shape index (κ2) is 8.26. The van der Waals surface area contributed by atoms with Crippen molar-refractivity contribution in [3.8, 4) is 21.9 Å². The average molecular weight is 459 g/mol. The van der Waals surface area contributed by atoms with Crippen LogP contribution in [0.4, 0.5) is 5.69 Å². The molecule has 5 rings (SSSR count). The number of anilines is 1. The van der Waals surface area contributed by atoms with E-state index in [0.29, 0.717) is 16.5 Å². The first-order chi connectivity index (χ1) is 15.5. The van der Waals surface area contributed by atoms with Gasteiger partial charge in [0.1, 0.15) is 10.8 Å². The fourth-order valence-electron chi connectivity index (χ4n) is 3.44. The molecule has 158 valence electrons. The van der Waals surface area contributed by atoms with Gasteiger partial charge in [0, 0.05) is 11.1 Å². The summed E-state index contributed by atoms with van der Waals surface area (Å²) in [7, 11) is 0. The van der Waals surface area contributed by atoms with Crippen LogP contribution in [-0.4, -0.2) is 10.9 Å². The first kappa shape index (κ1) is 20.5. The molecule has 0 aliphatic rings. The Morgan fingerprint density at radius 1 is 0.938 bits per heavy atom. The van der Waals surface area contributed by atoms with Gasteiger partial charge in [-0.2, -0.15) is 0 Å². The Balaban J connectivity index is 1.40. The Kier molecular flexibility index (Phi) is 5.29. The van der Waals surface area contributed by atoms with Crippen molar-refractivity contribution in [3.63, 3.8) is 0 Å². The van der Waals surface area contributed by atoms with E-state index in [1.165, 1.54) is 11.1 Å². The summed E-state index contributed by atoms with van der Waals surface area (Å²) < 4.78 is 6.94. The van der Waals surface area contributed by atoms with Crippen LogP contribution in [0.2, 0.25) is 5.02 Å². The van der Waals surface area contributed by atoms with Gasteiger partial charge in [-0.25, -0.2) is 4.98 Å². The fraction of sp³-hybridized carbons (Fsp3) is 0.0769. The molecule has 0 atom stereocenters. The highest BCUT2D eigenvalue weighted by Crippen LogP contribution is 2.34. The maximum absolute atomic E-state index is 12.8. The van der Waals surface area contributed by atoms with E-state index in [1.54, 1.807) is 29.5 Å². The number of nitrogens with one attached hydrogen (secondary N) is 1. The number of para-hydroxylation sites is 1. The first-order valence-corrected chi connectivity index (χ1v) is 11.3. The molecule has 0 bridgehead atoms. The number of rotatable bonds is 4. The minimum atomic E-state index is -0.358. The number of hydrogen-bond acceptors (Lipinski definition) is 4. The van der Waals surface area contributed by atoms with Gasteiger partial charge in [0.2, 0.25) is 0 Å². The van der Waals surface area contributed by atoms with E-state index in [-0.39, 0.29) is 11.7 Å². The third kappa shape index (κ3) is 3.93. The number of carbonyl (C=O) groups excluding carboxylic acids is 1. The van der Waals surface area contributed by atoms with Crippen LogP contribution in [-0.2, 0) is 0 Å². The molecule has 0 fully saturated rings. The van der Waals surface area contributed by atoms with Gasteiger partial charge in [0.05, 0.1) is 20.9 Å². The predicted octanol–water partition coefficient (Wildman–Crippen LogP) is 7.75. The number of aryl methyl sites for hydroxylation is 2. The number of aromatic nitrogens is 1. The molecule has 0 radical (unpaired) electrons. The van der Waals surface area contributed by atoms with E-state index in [1.807, 2.05) is 54.6 Å². The van der Waals surface area contributed by atoms with Crippen LogP contribution in [0, 0.1) is 13.8 Å². The molecule has 3 aromatic carbocycles. The smallest absolute Gasteiger partial charge is 0.291 e. The molecule has 0 saturated heterocycles. The van der Waals surface area contributed by atoms with Crippen LogP contribution in [0.3, 0.4) is 0 Å². The van der Waals surface area contributed by atoms with Crippen molar-refractivity contribution >= 4 is 44.7 Å². The van der Waals surface area contributed by atoms with Crippen LogP contribution < -0.4 is 5.32 Å². The largest absolute Gasteiger partial charge is 0.451 e. The zero-order valence-electron chi connectivity index (χ0n) is 17.5. The van der Waals surface area contributed by atoms with Crippen molar-refractivity contribution in [1.82, 2.24) is 4.98 Å². The van der Waals surface area contributed by atoms with Gasteiger partial charge < -0.3 is 9.73 Å². The summed E-state index contributed by atoms with van der Waals surface area (Å²) >= 11 is 7.96. The Bertz CT molecular complexity index is 1440. The van der Waals surface area contributed by atoms with Crippen molar-refractivity contribution < 1.29 is 9.21 Å². The standard InChI is InChI=1S/C26H19ClN2O2S/c1-15-7-8-17(13-16(15)2)22-11-12-23(31-22)25(30)28-21-14-18(9-10-19(21)27)26-29-20-5-3-4-6-24(20)32-26/h3-14H,1-2H3,(H,28,30). The van der Waals surface area contributed by atoms with Gasteiger partial charge in [-0.1, -0.05) is 41.9 Å². The van der Waals surface area contributed by atoms with Crippen molar-refractivity contribution in [3.05, 3.63) is 94.7 Å². The molecule has 0 unspecified atom stereocenters. The lowest BCUT2D eigenvalue weighted by Crippen LogP contribution is -2.11. The van der Waals surface area contributed by atoms with Crippen LogP contribution in [0.1, 0.15) is 21.7 Å². The van der Waals surface area contributed by atoms with Crippen LogP contribution in [0.15, 0.2) is 77.2 Å². The van der Waals surface area contributed by atoms with E-state index >= 15 is 0 Å². The van der Waals surface area contributed by atoms with Crippen molar-refractivity contribution in [2.45, 2.75) is 13.8 Å². The second-order valence-corrected chi connectivity index (χ2v) is 9.04. The molecule has 4 nitrogen and oxygen atoms in total. The molecule has 0 spiro atoms. The molecule has 32 heavy (non-hydrogen) atoms. The highest BCUT2D eigenvalue weighted by molar-refractivity contribution is 7.21. The predicted molar refractivity (Wildman–Crippen MR) is 132 cm³/mol. The monoisotopic (exact) mass is 458 g/mol. The molecule has 1 amide bonds. The van der Waals surface area contributed by atoms with Crippen molar-refractivity contribution in [2.24, 2.45) is 0 Å². The van der Waals surface area contributed by atoms with Gasteiger partial charge in [0.25, 0.3) is 5.91 Å². The number of nitrogens with zero attached hydrogens (tertiary/aromatic N) is 1. The number of carbonyl (C=O) groups is 1. The number of hydrogen-bond donors (Lipinski definition) is 1. The molecule has 0 saturated carbocycles. The molecular formula is C26H19ClN2O2S. The van der Waals surface area contributed by atoms with Gasteiger partial charge in [-0.05, 0) is 67.4 Å². The number of amides is 1.